The van der Waals surface area contributed by atoms with Crippen LogP contribution in [-0.4, -0.2) is 65.9 Å². The fourth-order valence-electron chi connectivity index (χ4n) is 5.94. The van der Waals surface area contributed by atoms with Gasteiger partial charge in [-0.2, -0.15) is 0 Å². The smallest absolute Gasteiger partial charge is 0.410 e. The molecule has 1 saturated heterocycles. The largest absolute Gasteiger partial charge is 0.462 e. The van der Waals surface area contributed by atoms with E-state index in [9.17, 15) is 14.4 Å². The molecule has 0 unspecified atom stereocenters. The van der Waals surface area contributed by atoms with E-state index in [1.807, 2.05) is 85.9 Å². The van der Waals surface area contributed by atoms with Gasteiger partial charge in [0.25, 0.3) is 5.91 Å². The highest BCUT2D eigenvalue weighted by Crippen LogP contribution is 2.30. The van der Waals surface area contributed by atoms with E-state index in [-0.39, 0.29) is 48.5 Å². The average Bonchev–Trinajstić information content (AvgIpc) is 3.07. The average molecular weight is 597 g/mol. The monoisotopic (exact) mass is 596 g/mol. The Hall–Kier alpha value is -4.66. The van der Waals surface area contributed by atoms with Gasteiger partial charge in [-0.1, -0.05) is 66.7 Å². The number of hydrogen-bond donors (Lipinski definition) is 2. The third-order valence-corrected chi connectivity index (χ3v) is 8.75. The van der Waals surface area contributed by atoms with Crippen molar-refractivity contribution in [2.24, 2.45) is 11.7 Å². The Bertz CT molecular complexity index is 1440. The second-order valence-corrected chi connectivity index (χ2v) is 11.7. The molecule has 1 aliphatic heterocycles. The number of nitrogens with two attached hydrogens (primary N) is 1. The molecule has 5 rings (SSSR count). The lowest BCUT2D eigenvalue weighted by Gasteiger charge is -2.35. The number of nitrogen functional groups attached to an aromatic ring is 1. The van der Waals surface area contributed by atoms with Gasteiger partial charge in [0, 0.05) is 50.1 Å². The minimum absolute atomic E-state index is 0.0302. The van der Waals surface area contributed by atoms with Gasteiger partial charge in [0.1, 0.15) is 18.5 Å². The van der Waals surface area contributed by atoms with Crippen molar-refractivity contribution in [2.75, 3.05) is 20.1 Å². The lowest BCUT2D eigenvalue weighted by Crippen LogP contribution is -2.43. The molecule has 0 spiro atoms. The number of carbonyl (C=O) groups excluding carboxylic acids is 3. The number of hydrogen-bond acceptors (Lipinski definition) is 6. The Morgan fingerprint density at radius 3 is 1.95 bits per heavy atom. The molecular formula is C35H40N4O5. The van der Waals surface area contributed by atoms with E-state index in [0.717, 1.165) is 29.5 Å². The van der Waals surface area contributed by atoms with Crippen molar-refractivity contribution < 1.29 is 23.9 Å². The molecule has 44 heavy (non-hydrogen) atoms. The summed E-state index contributed by atoms with van der Waals surface area (Å²) in [4.78, 5) is 42.1. The summed E-state index contributed by atoms with van der Waals surface area (Å²) >= 11 is 0. The number of likely N-dealkylation sites (tertiary alicyclic amines) is 1. The summed E-state index contributed by atoms with van der Waals surface area (Å²) in [6.07, 6.45) is 3.51. The fourth-order valence-corrected chi connectivity index (χ4v) is 5.94. The highest BCUT2D eigenvalue weighted by atomic mass is 16.6. The molecule has 0 aromatic heterocycles. The van der Waals surface area contributed by atoms with Crippen LogP contribution >= 0.6 is 0 Å². The molecule has 3 N–H and O–H groups in total. The second-order valence-electron chi connectivity index (χ2n) is 11.7. The first kappa shape index (κ1) is 30.8. The first-order chi connectivity index (χ1) is 21.3. The zero-order chi connectivity index (χ0) is 31.1. The van der Waals surface area contributed by atoms with E-state index in [2.05, 4.69) is 0 Å². The lowest BCUT2D eigenvalue weighted by molar-refractivity contribution is -0.157. The van der Waals surface area contributed by atoms with E-state index < -0.39 is 0 Å². The molecule has 1 aliphatic carbocycles. The third kappa shape index (κ3) is 7.64. The number of benzene rings is 3. The number of ether oxygens (including phenoxy) is 2. The Balaban J connectivity index is 1.03. The van der Waals surface area contributed by atoms with Gasteiger partial charge in [-0.15, -0.1) is 0 Å². The van der Waals surface area contributed by atoms with Crippen LogP contribution in [0.4, 0.5) is 4.79 Å². The number of nitrogens with one attached hydrogen (secondary N) is 1. The first-order valence-corrected chi connectivity index (χ1v) is 15.3. The van der Waals surface area contributed by atoms with Crippen LogP contribution in [-0.2, 0) is 20.9 Å². The van der Waals surface area contributed by atoms with Crippen LogP contribution in [0.5, 0.6) is 0 Å². The topological polar surface area (TPSA) is 126 Å². The van der Waals surface area contributed by atoms with Crippen molar-refractivity contribution in [1.82, 2.24) is 9.80 Å². The van der Waals surface area contributed by atoms with Crippen molar-refractivity contribution in [3.8, 4) is 11.1 Å². The predicted molar refractivity (Wildman–Crippen MR) is 168 cm³/mol. The molecule has 2 aliphatic rings. The molecule has 0 bridgehead atoms. The Kier molecular flexibility index (Phi) is 9.94. The maximum atomic E-state index is 13.2. The van der Waals surface area contributed by atoms with E-state index in [1.54, 1.807) is 9.80 Å². The molecule has 2 amide bonds. The summed E-state index contributed by atoms with van der Waals surface area (Å²) in [6, 6.07) is 24.6. The van der Waals surface area contributed by atoms with Crippen molar-refractivity contribution >= 4 is 23.8 Å². The van der Waals surface area contributed by atoms with Gasteiger partial charge >= 0.3 is 12.1 Å². The number of amidine groups is 1. The van der Waals surface area contributed by atoms with Gasteiger partial charge in [0.15, 0.2) is 0 Å². The molecule has 3 aromatic rings. The summed E-state index contributed by atoms with van der Waals surface area (Å²) in [5, 5.41) is 7.54. The number of piperidine rings is 1. The van der Waals surface area contributed by atoms with Gasteiger partial charge in [-0.05, 0) is 54.5 Å². The second kappa shape index (κ2) is 14.2. The van der Waals surface area contributed by atoms with Crippen LogP contribution in [0.1, 0.15) is 60.0 Å². The molecule has 1 saturated carbocycles. The number of rotatable bonds is 8. The van der Waals surface area contributed by atoms with Crippen LogP contribution in [0.3, 0.4) is 0 Å². The summed E-state index contributed by atoms with van der Waals surface area (Å²) < 4.78 is 11.3. The number of carbonyl (C=O) groups is 3. The maximum Gasteiger partial charge on any atom is 0.410 e. The molecule has 0 radical (unpaired) electrons. The summed E-state index contributed by atoms with van der Waals surface area (Å²) in [5.74, 6) is -0.349. The standard InChI is InChI=1S/C35H40N4O5/c1-38(33(40)28-13-9-26(10-14-28)25-7-11-27(12-8-25)32(36)37)30-17-15-29(16-18-30)34(41)44-31-19-21-39(22-20-31)35(42)43-23-24-5-3-2-4-6-24/h2-14,29-31H,15-23H2,1H3,(H3,36,37). The van der Waals surface area contributed by atoms with Gasteiger partial charge < -0.3 is 25.0 Å². The molecule has 230 valence electrons. The Morgan fingerprint density at radius 2 is 1.39 bits per heavy atom. The van der Waals surface area contributed by atoms with Crippen molar-refractivity contribution in [3.63, 3.8) is 0 Å². The molecule has 0 atom stereocenters. The fraction of sp³-hybridized carbons (Fsp3) is 0.371. The number of esters is 1. The first-order valence-electron chi connectivity index (χ1n) is 15.3. The number of nitrogens with zero attached hydrogens (tertiary/aromatic N) is 2. The molecule has 9 nitrogen and oxygen atoms in total. The van der Waals surface area contributed by atoms with Crippen LogP contribution in [0, 0.1) is 11.3 Å². The predicted octanol–water partition coefficient (Wildman–Crippen LogP) is 5.61. The summed E-state index contributed by atoms with van der Waals surface area (Å²) in [7, 11) is 1.83. The van der Waals surface area contributed by atoms with Gasteiger partial charge in [-0.3, -0.25) is 15.0 Å². The van der Waals surface area contributed by atoms with Gasteiger partial charge in [-0.25, -0.2) is 4.79 Å². The summed E-state index contributed by atoms with van der Waals surface area (Å²) in [6.45, 7) is 1.24. The van der Waals surface area contributed by atoms with Crippen molar-refractivity contribution in [3.05, 3.63) is 95.6 Å². The van der Waals surface area contributed by atoms with Gasteiger partial charge in [0.2, 0.25) is 0 Å². The van der Waals surface area contributed by atoms with Crippen LogP contribution < -0.4 is 5.73 Å². The van der Waals surface area contributed by atoms with Crippen molar-refractivity contribution in [2.45, 2.75) is 57.3 Å². The van der Waals surface area contributed by atoms with Crippen LogP contribution in [0.15, 0.2) is 78.9 Å². The normalized spacial score (nSPS) is 18.7. The zero-order valence-electron chi connectivity index (χ0n) is 25.1. The quantitative estimate of drug-likeness (QED) is 0.198. The number of amides is 2. The highest BCUT2D eigenvalue weighted by Gasteiger charge is 2.33. The molecule has 1 heterocycles. The minimum atomic E-state index is -0.341. The van der Waals surface area contributed by atoms with Crippen LogP contribution in [0.2, 0.25) is 0 Å². The minimum Gasteiger partial charge on any atom is -0.462 e. The third-order valence-electron chi connectivity index (χ3n) is 8.75. The maximum absolute atomic E-state index is 13.2. The van der Waals surface area contributed by atoms with Crippen molar-refractivity contribution in [1.29, 1.82) is 5.41 Å². The van der Waals surface area contributed by atoms with Gasteiger partial charge in [0.05, 0.1) is 5.92 Å². The molecule has 3 aromatic carbocycles. The molecule has 2 fully saturated rings. The lowest BCUT2D eigenvalue weighted by atomic mass is 9.85. The van der Waals surface area contributed by atoms with E-state index >= 15 is 0 Å². The van der Waals surface area contributed by atoms with E-state index in [0.29, 0.717) is 49.9 Å². The zero-order valence-corrected chi connectivity index (χ0v) is 25.1. The highest BCUT2D eigenvalue weighted by molar-refractivity contribution is 5.96. The SMILES string of the molecule is CN(C(=O)c1ccc(-c2ccc(C(=N)N)cc2)cc1)C1CCC(C(=O)OC2CCN(C(=O)OCc3ccccc3)CC2)CC1. The van der Waals surface area contributed by atoms with E-state index in [4.69, 9.17) is 20.6 Å². The van der Waals surface area contributed by atoms with Crippen LogP contribution in [0.25, 0.3) is 11.1 Å². The molecular weight excluding hydrogens is 556 g/mol. The molecule has 9 heteroatoms. The Labute approximate surface area is 258 Å². The summed E-state index contributed by atoms with van der Waals surface area (Å²) in [5.41, 5.74) is 9.74. The van der Waals surface area contributed by atoms with E-state index in [1.165, 1.54) is 0 Å². The Morgan fingerprint density at radius 1 is 0.818 bits per heavy atom.